The van der Waals surface area contributed by atoms with E-state index in [9.17, 15) is 4.57 Å². The highest BCUT2D eigenvalue weighted by atomic mass is 31.1. The second-order valence-corrected chi connectivity index (χ2v) is 6.69. The van der Waals surface area contributed by atoms with E-state index in [2.05, 4.69) is 13.8 Å². The Morgan fingerprint density at radius 1 is 0.722 bits per heavy atom. The van der Waals surface area contributed by atoms with Gasteiger partial charge in [-0.2, -0.15) is 0 Å². The molecule has 0 bridgehead atoms. The van der Waals surface area contributed by atoms with Crippen molar-refractivity contribution in [2.75, 3.05) is 12.8 Å². The summed E-state index contributed by atoms with van der Waals surface area (Å²) in [4.78, 5) is 0. The molecule has 0 aromatic rings. The summed E-state index contributed by atoms with van der Waals surface area (Å²) in [6.45, 7) is 5.07. The Morgan fingerprint density at radius 2 is 1.22 bits per heavy atom. The van der Waals surface area contributed by atoms with Crippen molar-refractivity contribution in [2.24, 2.45) is 0 Å². The van der Waals surface area contributed by atoms with E-state index < -0.39 is 8.03 Å². The van der Waals surface area contributed by atoms with Crippen LogP contribution in [0.4, 0.5) is 0 Å². The lowest BCUT2D eigenvalue weighted by molar-refractivity contribution is 0.320. The average Bonchev–Trinajstić information content (AvgIpc) is 2.37. The van der Waals surface area contributed by atoms with Gasteiger partial charge >= 0.3 is 0 Å². The zero-order chi connectivity index (χ0) is 13.5. The molecule has 0 fully saturated rings. The maximum atomic E-state index is 11.5. The van der Waals surface area contributed by atoms with Crippen molar-refractivity contribution in [2.45, 2.75) is 84.5 Å². The molecule has 0 saturated heterocycles. The van der Waals surface area contributed by atoms with Crippen LogP contribution in [0.25, 0.3) is 0 Å². The van der Waals surface area contributed by atoms with Crippen molar-refractivity contribution < 1.29 is 9.09 Å². The van der Waals surface area contributed by atoms with Gasteiger partial charge in [-0.1, -0.05) is 71.6 Å². The van der Waals surface area contributed by atoms with Gasteiger partial charge in [0.2, 0.25) is 0 Å². The fourth-order valence-corrected chi connectivity index (χ4v) is 3.04. The molecule has 0 aromatic carbocycles. The van der Waals surface area contributed by atoms with E-state index in [0.29, 0.717) is 6.61 Å². The van der Waals surface area contributed by atoms with Crippen LogP contribution in [0.3, 0.4) is 0 Å². The molecule has 0 saturated carbocycles. The standard InChI is InChI=1S/C15H33O2P/c1-3-5-7-8-9-10-11-12-13-15-18(16)17-14-6-4-2/h18H,3-15H2,1-2H3. The van der Waals surface area contributed by atoms with Crippen molar-refractivity contribution in [3.8, 4) is 0 Å². The van der Waals surface area contributed by atoms with Crippen molar-refractivity contribution >= 4 is 8.03 Å². The summed E-state index contributed by atoms with van der Waals surface area (Å²) in [5, 5.41) is 0. The summed E-state index contributed by atoms with van der Waals surface area (Å²) in [5.74, 6) is 0. The van der Waals surface area contributed by atoms with Crippen LogP contribution in [0.2, 0.25) is 0 Å². The topological polar surface area (TPSA) is 26.3 Å². The van der Waals surface area contributed by atoms with Gasteiger partial charge in [0.1, 0.15) is 0 Å². The Bertz CT molecular complexity index is 183. The zero-order valence-corrected chi connectivity index (χ0v) is 13.5. The molecule has 18 heavy (non-hydrogen) atoms. The van der Waals surface area contributed by atoms with Gasteiger partial charge in [0.15, 0.2) is 8.03 Å². The number of rotatable bonds is 14. The normalized spacial score (nSPS) is 12.8. The number of hydrogen-bond donors (Lipinski definition) is 0. The predicted molar refractivity (Wildman–Crippen MR) is 82.0 cm³/mol. The molecule has 0 unspecified atom stereocenters. The van der Waals surface area contributed by atoms with Gasteiger partial charge in [-0.3, -0.25) is 4.57 Å². The first-order chi connectivity index (χ1) is 8.81. The van der Waals surface area contributed by atoms with Crippen LogP contribution in [0, 0.1) is 0 Å². The molecule has 0 aromatic heterocycles. The van der Waals surface area contributed by atoms with Gasteiger partial charge in [-0.15, -0.1) is 0 Å². The fraction of sp³-hybridized carbons (Fsp3) is 1.00. The van der Waals surface area contributed by atoms with Crippen LogP contribution in [0.5, 0.6) is 0 Å². The minimum Gasteiger partial charge on any atom is -0.330 e. The molecular formula is C15H33O2P. The van der Waals surface area contributed by atoms with Gasteiger partial charge in [0, 0.05) is 6.16 Å². The molecule has 3 heteroatoms. The van der Waals surface area contributed by atoms with Crippen LogP contribution >= 0.6 is 8.03 Å². The predicted octanol–water partition coefficient (Wildman–Crippen LogP) is 5.81. The molecule has 0 N–H and O–H groups in total. The van der Waals surface area contributed by atoms with Crippen LogP contribution in [0.1, 0.15) is 84.5 Å². The van der Waals surface area contributed by atoms with Crippen molar-refractivity contribution in [3.63, 3.8) is 0 Å². The molecule has 0 amide bonds. The first-order valence-electron chi connectivity index (χ1n) is 7.96. The van der Waals surface area contributed by atoms with Gasteiger partial charge in [0.25, 0.3) is 0 Å². The number of unbranched alkanes of at least 4 members (excludes halogenated alkanes) is 9. The van der Waals surface area contributed by atoms with E-state index in [1.807, 2.05) is 0 Å². The quantitative estimate of drug-likeness (QED) is 0.295. The maximum Gasteiger partial charge on any atom is 0.191 e. The van der Waals surface area contributed by atoms with Crippen LogP contribution < -0.4 is 0 Å². The van der Waals surface area contributed by atoms with Crippen molar-refractivity contribution in [1.82, 2.24) is 0 Å². The molecule has 1 atom stereocenters. The smallest absolute Gasteiger partial charge is 0.191 e. The molecule has 0 aliphatic rings. The summed E-state index contributed by atoms with van der Waals surface area (Å²) in [6, 6.07) is 0. The molecule has 0 heterocycles. The van der Waals surface area contributed by atoms with E-state index in [0.717, 1.165) is 25.4 Å². The van der Waals surface area contributed by atoms with Crippen LogP contribution in [0.15, 0.2) is 0 Å². The Kier molecular flexibility index (Phi) is 15.4. The summed E-state index contributed by atoms with van der Waals surface area (Å²) in [6.07, 6.45) is 14.8. The summed E-state index contributed by atoms with van der Waals surface area (Å²) in [5.41, 5.74) is 0. The SMILES string of the molecule is CCCCCCCCCCC[P@@H](=O)OCCCC. The maximum absolute atomic E-state index is 11.5. The third-order valence-electron chi connectivity index (χ3n) is 3.25. The molecular weight excluding hydrogens is 243 g/mol. The molecule has 0 aliphatic heterocycles. The second kappa shape index (κ2) is 15.2. The third-order valence-corrected chi connectivity index (χ3v) is 4.53. The molecule has 0 rings (SSSR count). The van der Waals surface area contributed by atoms with E-state index in [4.69, 9.17) is 4.52 Å². The van der Waals surface area contributed by atoms with E-state index in [1.54, 1.807) is 0 Å². The summed E-state index contributed by atoms with van der Waals surface area (Å²) in [7, 11) is -1.72. The third kappa shape index (κ3) is 14.3. The molecule has 0 spiro atoms. The zero-order valence-electron chi connectivity index (χ0n) is 12.5. The van der Waals surface area contributed by atoms with E-state index in [-0.39, 0.29) is 0 Å². The van der Waals surface area contributed by atoms with Gasteiger partial charge in [-0.05, 0) is 12.8 Å². The summed E-state index contributed by atoms with van der Waals surface area (Å²) >= 11 is 0. The van der Waals surface area contributed by atoms with Gasteiger partial charge < -0.3 is 4.52 Å². The fourth-order valence-electron chi connectivity index (χ4n) is 1.98. The second-order valence-electron chi connectivity index (χ2n) is 5.15. The lowest BCUT2D eigenvalue weighted by Crippen LogP contribution is -1.89. The largest absolute Gasteiger partial charge is 0.330 e. The lowest BCUT2D eigenvalue weighted by atomic mass is 10.1. The average molecular weight is 276 g/mol. The lowest BCUT2D eigenvalue weighted by Gasteiger charge is -2.04. The Hall–Kier alpha value is 0.190. The Balaban J connectivity index is 3.08. The number of hydrogen-bond acceptors (Lipinski definition) is 2. The van der Waals surface area contributed by atoms with Crippen LogP contribution in [-0.2, 0) is 9.09 Å². The monoisotopic (exact) mass is 276 g/mol. The Morgan fingerprint density at radius 3 is 1.78 bits per heavy atom. The molecule has 0 radical (unpaired) electrons. The van der Waals surface area contributed by atoms with E-state index in [1.165, 1.54) is 51.4 Å². The van der Waals surface area contributed by atoms with Gasteiger partial charge in [-0.25, -0.2) is 0 Å². The molecule has 2 nitrogen and oxygen atoms in total. The summed E-state index contributed by atoms with van der Waals surface area (Å²) < 4.78 is 16.8. The van der Waals surface area contributed by atoms with Crippen molar-refractivity contribution in [3.05, 3.63) is 0 Å². The highest BCUT2D eigenvalue weighted by molar-refractivity contribution is 7.39. The first-order valence-corrected chi connectivity index (χ1v) is 9.49. The van der Waals surface area contributed by atoms with E-state index >= 15 is 0 Å². The highest BCUT2D eigenvalue weighted by Gasteiger charge is 1.99. The Labute approximate surface area is 115 Å². The minimum absolute atomic E-state index is 0.686. The minimum atomic E-state index is -1.72. The molecule has 110 valence electrons. The van der Waals surface area contributed by atoms with Crippen LogP contribution in [-0.4, -0.2) is 12.8 Å². The first kappa shape index (κ1) is 18.2. The van der Waals surface area contributed by atoms with Crippen molar-refractivity contribution in [1.29, 1.82) is 0 Å². The highest BCUT2D eigenvalue weighted by Crippen LogP contribution is 2.24. The van der Waals surface area contributed by atoms with Gasteiger partial charge in [0.05, 0.1) is 6.61 Å². The molecule has 0 aliphatic carbocycles.